The van der Waals surface area contributed by atoms with Crippen LogP contribution in [-0.2, 0) is 17.8 Å². The van der Waals surface area contributed by atoms with Gasteiger partial charge in [0.25, 0.3) is 0 Å². The zero-order valence-electron chi connectivity index (χ0n) is 15.0. The van der Waals surface area contributed by atoms with Gasteiger partial charge in [-0.3, -0.25) is 4.79 Å². The van der Waals surface area contributed by atoms with Crippen molar-refractivity contribution in [1.82, 2.24) is 10.5 Å². The SMILES string of the molecule is Cc1cccc(CC(=O)NCc2cc(-c3ccc4c(c3)OCCO4)on2)c1. The molecule has 0 fully saturated rings. The summed E-state index contributed by atoms with van der Waals surface area (Å²) in [7, 11) is 0. The van der Waals surface area contributed by atoms with Crippen LogP contribution in [0.3, 0.4) is 0 Å². The van der Waals surface area contributed by atoms with E-state index < -0.39 is 0 Å². The second-order valence-electron chi connectivity index (χ2n) is 6.48. The van der Waals surface area contributed by atoms with Gasteiger partial charge in [0.2, 0.25) is 5.91 Å². The molecule has 27 heavy (non-hydrogen) atoms. The maximum Gasteiger partial charge on any atom is 0.224 e. The third-order valence-electron chi connectivity index (χ3n) is 4.30. The average Bonchev–Trinajstić information content (AvgIpc) is 3.15. The maximum atomic E-state index is 12.1. The Morgan fingerprint density at radius 3 is 2.78 bits per heavy atom. The van der Waals surface area contributed by atoms with Gasteiger partial charge in [0.15, 0.2) is 17.3 Å². The first-order valence-electron chi connectivity index (χ1n) is 8.85. The number of carbonyl (C=O) groups excluding carboxylic acids is 1. The van der Waals surface area contributed by atoms with E-state index in [0.717, 1.165) is 22.4 Å². The van der Waals surface area contributed by atoms with E-state index >= 15 is 0 Å². The quantitative estimate of drug-likeness (QED) is 0.752. The van der Waals surface area contributed by atoms with Gasteiger partial charge in [-0.25, -0.2) is 0 Å². The highest BCUT2D eigenvalue weighted by Gasteiger charge is 2.15. The van der Waals surface area contributed by atoms with Gasteiger partial charge in [-0.15, -0.1) is 0 Å². The van der Waals surface area contributed by atoms with Crippen molar-refractivity contribution >= 4 is 5.91 Å². The first-order chi connectivity index (χ1) is 13.2. The van der Waals surface area contributed by atoms with Crippen molar-refractivity contribution in [2.45, 2.75) is 19.9 Å². The molecule has 0 radical (unpaired) electrons. The first kappa shape index (κ1) is 17.1. The Labute approximate surface area is 157 Å². The molecule has 0 unspecified atom stereocenters. The summed E-state index contributed by atoms with van der Waals surface area (Å²) in [6, 6.07) is 15.4. The van der Waals surface area contributed by atoms with Crippen molar-refractivity contribution in [3.8, 4) is 22.8 Å². The number of nitrogens with one attached hydrogen (secondary N) is 1. The molecule has 0 aliphatic carbocycles. The smallest absolute Gasteiger partial charge is 0.224 e. The lowest BCUT2D eigenvalue weighted by Crippen LogP contribution is -2.24. The predicted molar refractivity (Wildman–Crippen MR) is 99.7 cm³/mol. The Hall–Kier alpha value is -3.28. The molecular weight excluding hydrogens is 344 g/mol. The number of ether oxygens (including phenoxy) is 2. The molecular formula is C21H20N2O4. The largest absolute Gasteiger partial charge is 0.486 e. The lowest BCUT2D eigenvalue weighted by atomic mass is 10.1. The van der Waals surface area contributed by atoms with Gasteiger partial charge in [0, 0.05) is 11.6 Å². The Morgan fingerprint density at radius 2 is 1.93 bits per heavy atom. The molecule has 1 amide bonds. The van der Waals surface area contributed by atoms with E-state index in [0.29, 0.717) is 43.4 Å². The number of fused-ring (bicyclic) bond motifs is 1. The number of aromatic nitrogens is 1. The summed E-state index contributed by atoms with van der Waals surface area (Å²) < 4.78 is 16.5. The molecule has 0 saturated heterocycles. The van der Waals surface area contributed by atoms with Crippen LogP contribution in [-0.4, -0.2) is 24.3 Å². The van der Waals surface area contributed by atoms with E-state index in [2.05, 4.69) is 10.5 Å². The fraction of sp³-hybridized carbons (Fsp3) is 0.238. The zero-order valence-corrected chi connectivity index (χ0v) is 15.0. The Kier molecular flexibility index (Phi) is 4.78. The summed E-state index contributed by atoms with van der Waals surface area (Å²) in [6.07, 6.45) is 0.342. The summed E-state index contributed by atoms with van der Waals surface area (Å²) in [5.74, 6) is 2.00. The Morgan fingerprint density at radius 1 is 1.07 bits per heavy atom. The van der Waals surface area contributed by atoms with Crippen LogP contribution >= 0.6 is 0 Å². The predicted octanol–water partition coefficient (Wildman–Crippen LogP) is 3.28. The molecule has 4 rings (SSSR count). The van der Waals surface area contributed by atoms with Crippen LogP contribution < -0.4 is 14.8 Å². The number of rotatable bonds is 5. The van der Waals surface area contributed by atoms with Crippen LogP contribution in [0.25, 0.3) is 11.3 Å². The second-order valence-corrected chi connectivity index (χ2v) is 6.48. The Balaban J connectivity index is 1.37. The monoisotopic (exact) mass is 364 g/mol. The number of hydrogen-bond donors (Lipinski definition) is 1. The van der Waals surface area contributed by atoms with Crippen molar-refractivity contribution in [1.29, 1.82) is 0 Å². The fourth-order valence-corrected chi connectivity index (χ4v) is 2.99. The maximum absolute atomic E-state index is 12.1. The van der Waals surface area contributed by atoms with E-state index in [1.165, 1.54) is 0 Å². The third kappa shape index (κ3) is 4.11. The lowest BCUT2D eigenvalue weighted by Gasteiger charge is -2.18. The van der Waals surface area contributed by atoms with Crippen LogP contribution in [0.1, 0.15) is 16.8 Å². The molecule has 0 spiro atoms. The van der Waals surface area contributed by atoms with E-state index in [-0.39, 0.29) is 5.91 Å². The molecule has 3 aromatic rings. The summed E-state index contributed by atoms with van der Waals surface area (Å²) >= 11 is 0. The van der Waals surface area contributed by atoms with E-state index in [1.807, 2.05) is 55.5 Å². The number of carbonyl (C=O) groups is 1. The number of benzene rings is 2. The molecule has 1 aliphatic heterocycles. The van der Waals surface area contributed by atoms with Crippen LogP contribution in [0.15, 0.2) is 53.1 Å². The van der Waals surface area contributed by atoms with Crippen molar-refractivity contribution in [3.63, 3.8) is 0 Å². The Bertz CT molecular complexity index is 964. The standard InChI is InChI=1S/C21H20N2O4/c1-14-3-2-4-15(9-14)10-21(24)22-13-17-12-19(27-23-17)16-5-6-18-20(11-16)26-8-7-25-18/h2-6,9,11-12H,7-8,10,13H2,1H3,(H,22,24). The fourth-order valence-electron chi connectivity index (χ4n) is 2.99. The van der Waals surface area contributed by atoms with Gasteiger partial charge in [-0.05, 0) is 30.7 Å². The minimum Gasteiger partial charge on any atom is -0.486 e. The van der Waals surface area contributed by atoms with Crippen LogP contribution in [0.2, 0.25) is 0 Å². The van der Waals surface area contributed by atoms with Gasteiger partial charge < -0.3 is 19.3 Å². The van der Waals surface area contributed by atoms with E-state index in [4.69, 9.17) is 14.0 Å². The number of hydrogen-bond acceptors (Lipinski definition) is 5. The number of amides is 1. The molecule has 1 N–H and O–H groups in total. The van der Waals surface area contributed by atoms with Crippen LogP contribution in [0.4, 0.5) is 0 Å². The van der Waals surface area contributed by atoms with Gasteiger partial charge in [0.05, 0.1) is 13.0 Å². The van der Waals surface area contributed by atoms with E-state index in [1.54, 1.807) is 0 Å². The first-order valence-corrected chi connectivity index (χ1v) is 8.85. The molecule has 2 aromatic carbocycles. The van der Waals surface area contributed by atoms with Gasteiger partial charge in [0.1, 0.15) is 18.9 Å². The normalized spacial score (nSPS) is 12.6. The number of aryl methyl sites for hydroxylation is 1. The molecule has 0 atom stereocenters. The summed E-state index contributed by atoms with van der Waals surface area (Å²) in [5.41, 5.74) is 3.65. The molecule has 6 nitrogen and oxygen atoms in total. The van der Waals surface area contributed by atoms with Crippen molar-refractivity contribution in [2.24, 2.45) is 0 Å². The van der Waals surface area contributed by atoms with Crippen molar-refractivity contribution < 1.29 is 18.8 Å². The molecule has 1 aromatic heterocycles. The topological polar surface area (TPSA) is 73.6 Å². The van der Waals surface area contributed by atoms with Crippen molar-refractivity contribution in [3.05, 3.63) is 65.4 Å². The minimum atomic E-state index is -0.0514. The average molecular weight is 364 g/mol. The van der Waals surface area contributed by atoms with Gasteiger partial charge in [-0.2, -0.15) is 0 Å². The van der Waals surface area contributed by atoms with Crippen molar-refractivity contribution in [2.75, 3.05) is 13.2 Å². The lowest BCUT2D eigenvalue weighted by molar-refractivity contribution is -0.120. The molecule has 1 aliphatic rings. The third-order valence-corrected chi connectivity index (χ3v) is 4.30. The highest BCUT2D eigenvalue weighted by atomic mass is 16.6. The van der Waals surface area contributed by atoms with Crippen LogP contribution in [0, 0.1) is 6.92 Å². The molecule has 6 heteroatoms. The molecule has 138 valence electrons. The summed E-state index contributed by atoms with van der Waals surface area (Å²) in [5, 5.41) is 6.91. The summed E-state index contributed by atoms with van der Waals surface area (Å²) in [4.78, 5) is 12.1. The highest BCUT2D eigenvalue weighted by molar-refractivity contribution is 5.78. The van der Waals surface area contributed by atoms with E-state index in [9.17, 15) is 4.79 Å². The number of nitrogens with zero attached hydrogens (tertiary/aromatic N) is 1. The summed E-state index contributed by atoms with van der Waals surface area (Å²) in [6.45, 7) is 3.42. The molecule has 0 saturated carbocycles. The minimum absolute atomic E-state index is 0.0514. The second kappa shape index (κ2) is 7.53. The van der Waals surface area contributed by atoms with Gasteiger partial charge >= 0.3 is 0 Å². The van der Waals surface area contributed by atoms with Gasteiger partial charge in [-0.1, -0.05) is 35.0 Å². The molecule has 0 bridgehead atoms. The zero-order chi connectivity index (χ0) is 18.6. The molecule has 2 heterocycles. The highest BCUT2D eigenvalue weighted by Crippen LogP contribution is 2.34. The van der Waals surface area contributed by atoms with Crippen LogP contribution in [0.5, 0.6) is 11.5 Å².